The fraction of sp³-hybridized carbons (Fsp3) is 0.368. The van der Waals surface area contributed by atoms with Crippen molar-refractivity contribution in [1.29, 1.82) is 5.26 Å². The number of benzene rings is 1. The van der Waals surface area contributed by atoms with Crippen LogP contribution in [0.2, 0.25) is 0 Å². The second kappa shape index (κ2) is 6.79. The molecule has 2 aromatic rings. The minimum absolute atomic E-state index is 0.528. The molecule has 1 aromatic carbocycles. The summed E-state index contributed by atoms with van der Waals surface area (Å²) >= 11 is 0. The van der Waals surface area contributed by atoms with Gasteiger partial charge >= 0.3 is 0 Å². The summed E-state index contributed by atoms with van der Waals surface area (Å²) in [5.41, 5.74) is 4.30. The van der Waals surface area contributed by atoms with Crippen molar-refractivity contribution in [1.82, 2.24) is 4.98 Å². The summed E-state index contributed by atoms with van der Waals surface area (Å²) in [6.07, 6.45) is 4.24. The van der Waals surface area contributed by atoms with E-state index in [9.17, 15) is 5.26 Å². The van der Waals surface area contributed by atoms with Gasteiger partial charge in [0.2, 0.25) is 5.75 Å². The van der Waals surface area contributed by atoms with E-state index in [4.69, 9.17) is 19.2 Å². The van der Waals surface area contributed by atoms with Gasteiger partial charge in [-0.05, 0) is 49.4 Å². The molecule has 24 heavy (non-hydrogen) atoms. The van der Waals surface area contributed by atoms with Crippen LogP contribution >= 0.6 is 0 Å². The lowest BCUT2D eigenvalue weighted by Gasteiger charge is -2.18. The highest BCUT2D eigenvalue weighted by Gasteiger charge is 2.20. The fourth-order valence-electron chi connectivity index (χ4n) is 3.16. The van der Waals surface area contributed by atoms with Crippen molar-refractivity contribution in [3.05, 3.63) is 35.0 Å². The minimum Gasteiger partial charge on any atom is -0.493 e. The van der Waals surface area contributed by atoms with Crippen molar-refractivity contribution in [3.8, 4) is 34.6 Å². The van der Waals surface area contributed by atoms with Gasteiger partial charge in [-0.15, -0.1) is 0 Å². The van der Waals surface area contributed by atoms with Crippen molar-refractivity contribution in [2.24, 2.45) is 0 Å². The number of rotatable bonds is 4. The largest absolute Gasteiger partial charge is 0.493 e. The lowest BCUT2D eigenvalue weighted by molar-refractivity contribution is 0.324. The molecule has 0 aliphatic heterocycles. The molecule has 5 nitrogen and oxygen atoms in total. The van der Waals surface area contributed by atoms with Gasteiger partial charge in [0.25, 0.3) is 0 Å². The zero-order chi connectivity index (χ0) is 17.1. The van der Waals surface area contributed by atoms with E-state index in [1.54, 1.807) is 21.3 Å². The highest BCUT2D eigenvalue weighted by Crippen LogP contribution is 2.41. The summed E-state index contributed by atoms with van der Waals surface area (Å²) in [5.74, 6) is 1.63. The number of hydrogen-bond donors (Lipinski definition) is 0. The number of fused-ring (bicyclic) bond motifs is 1. The lowest BCUT2D eigenvalue weighted by Crippen LogP contribution is -2.07. The standard InChI is InChI=1S/C19H20N2O3/c1-22-16-9-13(10-17(23-2)19(16)24-3)18-14(11-20)8-12-6-4-5-7-15(12)21-18/h8-10H,4-7H2,1-3H3. The predicted octanol–water partition coefficient (Wildman–Crippen LogP) is 3.52. The van der Waals surface area contributed by atoms with Crippen LogP contribution in [0, 0.1) is 11.3 Å². The van der Waals surface area contributed by atoms with Crippen LogP contribution in [0.1, 0.15) is 29.7 Å². The number of pyridine rings is 1. The third kappa shape index (κ3) is 2.76. The molecule has 0 atom stereocenters. The molecule has 3 rings (SSSR count). The van der Waals surface area contributed by atoms with Crippen LogP contribution in [0.5, 0.6) is 17.2 Å². The molecule has 1 heterocycles. The number of hydrogen-bond acceptors (Lipinski definition) is 5. The summed E-state index contributed by atoms with van der Waals surface area (Å²) in [6.45, 7) is 0. The molecule has 0 saturated heterocycles. The predicted molar refractivity (Wildman–Crippen MR) is 90.7 cm³/mol. The van der Waals surface area contributed by atoms with Gasteiger partial charge in [-0.3, -0.25) is 4.98 Å². The molecule has 0 amide bonds. The first-order chi connectivity index (χ1) is 11.7. The van der Waals surface area contributed by atoms with E-state index in [1.165, 1.54) is 5.56 Å². The van der Waals surface area contributed by atoms with Crippen LogP contribution in [0.15, 0.2) is 18.2 Å². The van der Waals surface area contributed by atoms with Gasteiger partial charge in [0.05, 0.1) is 32.6 Å². The Hall–Kier alpha value is -2.74. The molecule has 0 radical (unpaired) electrons. The summed E-state index contributed by atoms with van der Waals surface area (Å²) in [4.78, 5) is 4.79. The van der Waals surface area contributed by atoms with Crippen molar-refractivity contribution in [2.75, 3.05) is 21.3 Å². The lowest BCUT2D eigenvalue weighted by atomic mass is 9.93. The first kappa shape index (κ1) is 16.1. The number of nitrogens with zero attached hydrogens (tertiary/aromatic N) is 2. The Labute approximate surface area is 141 Å². The third-order valence-corrected chi connectivity index (χ3v) is 4.36. The van der Waals surface area contributed by atoms with E-state index in [1.807, 2.05) is 18.2 Å². The summed E-state index contributed by atoms with van der Waals surface area (Å²) < 4.78 is 16.2. The number of methoxy groups -OCH3 is 3. The maximum Gasteiger partial charge on any atom is 0.203 e. The normalized spacial score (nSPS) is 12.9. The number of aromatic nitrogens is 1. The first-order valence-corrected chi connectivity index (χ1v) is 7.95. The van der Waals surface area contributed by atoms with Crippen molar-refractivity contribution < 1.29 is 14.2 Å². The van der Waals surface area contributed by atoms with Gasteiger partial charge in [-0.2, -0.15) is 5.26 Å². The SMILES string of the molecule is COc1cc(-c2nc3c(cc2C#N)CCCC3)cc(OC)c1OC. The van der Waals surface area contributed by atoms with Crippen LogP contribution in [-0.2, 0) is 12.8 Å². The Morgan fingerprint density at radius 3 is 2.21 bits per heavy atom. The molecule has 0 saturated carbocycles. The number of aryl methyl sites for hydroxylation is 2. The van der Waals surface area contributed by atoms with Crippen LogP contribution in [0.3, 0.4) is 0 Å². The van der Waals surface area contributed by atoms with E-state index in [0.717, 1.165) is 36.9 Å². The summed E-state index contributed by atoms with van der Waals surface area (Å²) in [7, 11) is 4.72. The number of nitriles is 1. The van der Waals surface area contributed by atoms with Crippen LogP contribution in [0.4, 0.5) is 0 Å². The minimum atomic E-state index is 0.528. The Kier molecular flexibility index (Phi) is 4.57. The Morgan fingerprint density at radius 1 is 0.958 bits per heavy atom. The van der Waals surface area contributed by atoms with Crippen molar-refractivity contribution in [2.45, 2.75) is 25.7 Å². The maximum absolute atomic E-state index is 9.56. The molecule has 1 aliphatic rings. The monoisotopic (exact) mass is 324 g/mol. The zero-order valence-corrected chi connectivity index (χ0v) is 14.2. The topological polar surface area (TPSA) is 64.4 Å². The van der Waals surface area contributed by atoms with Crippen molar-refractivity contribution in [3.63, 3.8) is 0 Å². The molecule has 0 N–H and O–H groups in total. The van der Waals surface area contributed by atoms with Crippen LogP contribution in [0.25, 0.3) is 11.3 Å². The third-order valence-electron chi connectivity index (χ3n) is 4.36. The molecule has 0 bridgehead atoms. The molecular weight excluding hydrogens is 304 g/mol. The maximum atomic E-state index is 9.56. The van der Waals surface area contributed by atoms with E-state index < -0.39 is 0 Å². The van der Waals surface area contributed by atoms with Gasteiger partial charge in [-0.1, -0.05) is 0 Å². The van der Waals surface area contributed by atoms with Gasteiger partial charge in [0.15, 0.2) is 11.5 Å². The highest BCUT2D eigenvalue weighted by molar-refractivity contribution is 5.73. The second-order valence-corrected chi connectivity index (χ2v) is 5.72. The Bertz CT molecular complexity index is 784. The molecule has 0 unspecified atom stereocenters. The average molecular weight is 324 g/mol. The second-order valence-electron chi connectivity index (χ2n) is 5.72. The van der Waals surface area contributed by atoms with Crippen molar-refractivity contribution >= 4 is 0 Å². The van der Waals surface area contributed by atoms with E-state index in [2.05, 4.69) is 6.07 Å². The molecule has 1 aliphatic carbocycles. The molecule has 0 fully saturated rings. The Balaban J connectivity index is 2.20. The number of ether oxygens (including phenoxy) is 3. The van der Waals surface area contributed by atoms with E-state index >= 15 is 0 Å². The van der Waals surface area contributed by atoms with Gasteiger partial charge in [0, 0.05) is 11.3 Å². The molecule has 5 heteroatoms. The van der Waals surface area contributed by atoms with Crippen LogP contribution in [-0.4, -0.2) is 26.3 Å². The zero-order valence-electron chi connectivity index (χ0n) is 14.2. The highest BCUT2D eigenvalue weighted by atomic mass is 16.5. The smallest absolute Gasteiger partial charge is 0.203 e. The molecule has 0 spiro atoms. The van der Waals surface area contributed by atoms with Gasteiger partial charge in [-0.25, -0.2) is 0 Å². The van der Waals surface area contributed by atoms with Gasteiger partial charge in [0.1, 0.15) is 6.07 Å². The fourth-order valence-corrected chi connectivity index (χ4v) is 3.16. The summed E-state index contributed by atoms with van der Waals surface area (Å²) in [5, 5.41) is 9.56. The summed E-state index contributed by atoms with van der Waals surface area (Å²) in [6, 6.07) is 7.91. The molecular formula is C19H20N2O3. The average Bonchev–Trinajstić information content (AvgIpc) is 2.65. The molecule has 1 aromatic heterocycles. The first-order valence-electron chi connectivity index (χ1n) is 7.95. The van der Waals surface area contributed by atoms with Crippen LogP contribution < -0.4 is 14.2 Å². The Morgan fingerprint density at radius 2 is 1.62 bits per heavy atom. The molecule has 124 valence electrons. The quantitative estimate of drug-likeness (QED) is 0.861. The van der Waals surface area contributed by atoms with E-state index in [0.29, 0.717) is 28.5 Å². The van der Waals surface area contributed by atoms with E-state index in [-0.39, 0.29) is 0 Å². The van der Waals surface area contributed by atoms with Gasteiger partial charge < -0.3 is 14.2 Å².